The van der Waals surface area contributed by atoms with Crippen LogP contribution in [0.25, 0.3) is 0 Å². The quantitative estimate of drug-likeness (QED) is 0.403. The van der Waals surface area contributed by atoms with Gasteiger partial charge in [0.05, 0.1) is 26.1 Å². The van der Waals surface area contributed by atoms with E-state index in [0.717, 1.165) is 13.0 Å². The van der Waals surface area contributed by atoms with Crippen molar-refractivity contribution in [1.29, 1.82) is 0 Å². The number of Topliss-reactive ketones (excluding diaryl/α,β-unsaturated/α-hetero) is 2. The van der Waals surface area contributed by atoms with E-state index in [1.165, 1.54) is 19.6 Å². The smallest absolute Gasteiger partial charge is 0.331 e. The first-order valence-electron chi connectivity index (χ1n) is 13.4. The van der Waals surface area contributed by atoms with Gasteiger partial charge in [0.1, 0.15) is 17.8 Å². The third kappa shape index (κ3) is 2.74. The molecule has 5 aliphatic rings. The Hall–Kier alpha value is -3.57. The highest BCUT2D eigenvalue weighted by atomic mass is 16.6. The fourth-order valence-electron chi connectivity index (χ4n) is 9.18. The summed E-state index contributed by atoms with van der Waals surface area (Å²) in [7, 11) is 1.21. The Morgan fingerprint density at radius 1 is 1.12 bits per heavy atom. The molecule has 2 bridgehead atoms. The number of cyclic esters (lactones) is 1. The van der Waals surface area contributed by atoms with Gasteiger partial charge >= 0.3 is 17.9 Å². The number of rotatable bonds is 4. The fraction of sp³-hybridized carbons (Fsp3) is 0.567. The van der Waals surface area contributed by atoms with E-state index in [4.69, 9.17) is 18.6 Å². The Balaban J connectivity index is 1.70. The highest BCUT2D eigenvalue weighted by Gasteiger charge is 2.92. The lowest BCUT2D eigenvalue weighted by molar-refractivity contribution is -0.267. The van der Waals surface area contributed by atoms with E-state index < -0.39 is 74.5 Å². The minimum absolute atomic E-state index is 0.0598. The number of methoxy groups -OCH3 is 1. The molecular formula is C30H32O11. The molecule has 0 saturated heterocycles. The number of ketones is 2. The number of esters is 3. The maximum Gasteiger partial charge on any atom is 0.331 e. The summed E-state index contributed by atoms with van der Waals surface area (Å²) in [6.45, 7) is 7.68. The van der Waals surface area contributed by atoms with E-state index in [1.807, 2.05) is 0 Å². The largest absolute Gasteiger partial charge is 0.472 e. The molecule has 8 atom stereocenters. The van der Waals surface area contributed by atoms with Gasteiger partial charge in [-0.25, -0.2) is 4.79 Å². The molecule has 0 amide bonds. The number of ether oxygens (including phenoxy) is 3. The van der Waals surface area contributed by atoms with Crippen molar-refractivity contribution in [3.63, 3.8) is 0 Å². The number of carbonyl (C=O) groups excluding carboxylic acids is 5. The first-order chi connectivity index (χ1) is 19.0. The topological polar surface area (TPSA) is 167 Å². The second kappa shape index (κ2) is 7.83. The number of fused-ring (bicyclic) bond motifs is 4. The number of hydrogen-bond acceptors (Lipinski definition) is 11. The predicted octanol–water partition coefficient (Wildman–Crippen LogP) is 2.06. The molecule has 6 rings (SSSR count). The summed E-state index contributed by atoms with van der Waals surface area (Å²) in [5.41, 5.74) is -10.3. The average Bonchev–Trinajstić information content (AvgIpc) is 3.51. The summed E-state index contributed by atoms with van der Waals surface area (Å²) in [5, 5.41) is 24.9. The van der Waals surface area contributed by atoms with E-state index >= 15 is 0 Å². The van der Waals surface area contributed by atoms with Crippen molar-refractivity contribution in [2.45, 2.75) is 77.3 Å². The van der Waals surface area contributed by atoms with Gasteiger partial charge in [-0.05, 0) is 23.5 Å². The van der Waals surface area contributed by atoms with Crippen molar-refractivity contribution >= 4 is 29.5 Å². The SMILES string of the molecule is COC(=O)C[C@]1(C)[C@@]2(C)C3=C(C(=O)[C@@]4(O)[C@@H](OC(C)=O)[C@]1(C)C[C@@]24O)C1=CC(=O)O[C@@H](c2ccoc2)[C@]1(C)CC3=O. The molecule has 11 heteroatoms. The molecule has 0 radical (unpaired) electrons. The second-order valence-electron chi connectivity index (χ2n) is 12.9. The summed E-state index contributed by atoms with van der Waals surface area (Å²) in [4.78, 5) is 67.2. The maximum absolute atomic E-state index is 14.6. The van der Waals surface area contributed by atoms with Crippen LogP contribution in [0.2, 0.25) is 0 Å². The number of hydrogen-bond donors (Lipinski definition) is 2. The molecule has 0 aromatic carbocycles. The molecule has 0 unspecified atom stereocenters. The maximum atomic E-state index is 14.6. The summed E-state index contributed by atoms with van der Waals surface area (Å²) < 4.78 is 21.5. The van der Waals surface area contributed by atoms with Crippen LogP contribution < -0.4 is 0 Å². The Labute approximate surface area is 235 Å². The van der Waals surface area contributed by atoms with Crippen LogP contribution in [0.15, 0.2) is 45.8 Å². The van der Waals surface area contributed by atoms with Gasteiger partial charge < -0.3 is 28.8 Å². The van der Waals surface area contributed by atoms with E-state index in [0.29, 0.717) is 5.56 Å². The lowest BCUT2D eigenvalue weighted by Gasteiger charge is -2.66. The first-order valence-corrected chi connectivity index (χ1v) is 13.4. The fourth-order valence-corrected chi connectivity index (χ4v) is 9.18. The van der Waals surface area contributed by atoms with Crippen LogP contribution in [0.4, 0.5) is 0 Å². The highest BCUT2D eigenvalue weighted by Crippen LogP contribution is 2.83. The van der Waals surface area contributed by atoms with Gasteiger partial charge in [0.15, 0.2) is 11.4 Å². The van der Waals surface area contributed by atoms with Crippen LogP contribution in [0.3, 0.4) is 0 Å². The van der Waals surface area contributed by atoms with Crippen LogP contribution in [-0.2, 0) is 38.2 Å². The molecule has 2 heterocycles. The number of carbonyl (C=O) groups is 5. The molecular weight excluding hydrogens is 536 g/mol. The number of aliphatic hydroxyl groups is 2. The molecule has 1 aromatic heterocycles. The molecule has 218 valence electrons. The molecule has 41 heavy (non-hydrogen) atoms. The average molecular weight is 569 g/mol. The minimum Gasteiger partial charge on any atom is -0.472 e. The predicted molar refractivity (Wildman–Crippen MR) is 136 cm³/mol. The minimum atomic E-state index is -2.69. The zero-order valence-corrected chi connectivity index (χ0v) is 23.7. The second-order valence-corrected chi connectivity index (χ2v) is 12.9. The normalized spacial score (nSPS) is 44.2. The molecule has 2 saturated carbocycles. The van der Waals surface area contributed by atoms with Crippen LogP contribution in [-0.4, -0.2) is 64.1 Å². The third-order valence-corrected chi connectivity index (χ3v) is 11.3. The Kier molecular flexibility index (Phi) is 5.27. The Bertz CT molecular complexity index is 1520. The van der Waals surface area contributed by atoms with Gasteiger partial charge in [-0.1, -0.05) is 27.7 Å². The van der Waals surface area contributed by atoms with Crippen molar-refractivity contribution in [3.8, 4) is 0 Å². The van der Waals surface area contributed by atoms with Gasteiger partial charge in [-0.2, -0.15) is 0 Å². The van der Waals surface area contributed by atoms with Gasteiger partial charge in [0.25, 0.3) is 0 Å². The van der Waals surface area contributed by atoms with Crippen LogP contribution in [0, 0.1) is 21.7 Å². The summed E-state index contributed by atoms with van der Waals surface area (Å²) in [6, 6.07) is 1.59. The van der Waals surface area contributed by atoms with Crippen LogP contribution in [0.5, 0.6) is 0 Å². The van der Waals surface area contributed by atoms with Crippen molar-refractivity contribution in [1.82, 2.24) is 0 Å². The van der Waals surface area contributed by atoms with Crippen LogP contribution in [0.1, 0.15) is 65.5 Å². The Morgan fingerprint density at radius 2 is 1.80 bits per heavy atom. The monoisotopic (exact) mass is 568 g/mol. The highest BCUT2D eigenvalue weighted by molar-refractivity contribution is 6.19. The third-order valence-electron chi connectivity index (χ3n) is 11.3. The molecule has 1 aliphatic heterocycles. The lowest BCUT2D eigenvalue weighted by atomic mass is 9.39. The molecule has 4 aliphatic carbocycles. The summed E-state index contributed by atoms with van der Waals surface area (Å²) >= 11 is 0. The summed E-state index contributed by atoms with van der Waals surface area (Å²) in [5.74, 6) is -3.74. The first kappa shape index (κ1) is 27.6. The van der Waals surface area contributed by atoms with Crippen LogP contribution >= 0.6 is 0 Å². The van der Waals surface area contributed by atoms with E-state index in [9.17, 15) is 34.2 Å². The van der Waals surface area contributed by atoms with Crippen molar-refractivity contribution < 1.29 is 52.8 Å². The molecule has 11 nitrogen and oxygen atoms in total. The van der Waals surface area contributed by atoms with Gasteiger partial charge in [0.2, 0.25) is 5.78 Å². The van der Waals surface area contributed by atoms with E-state index in [2.05, 4.69) is 0 Å². The summed E-state index contributed by atoms with van der Waals surface area (Å²) in [6.07, 6.45) is 0.579. The van der Waals surface area contributed by atoms with E-state index in [-0.39, 0.29) is 36.0 Å². The Morgan fingerprint density at radius 3 is 2.39 bits per heavy atom. The zero-order chi connectivity index (χ0) is 30.1. The molecule has 0 spiro atoms. The molecule has 2 fully saturated rings. The van der Waals surface area contributed by atoms with E-state index in [1.54, 1.807) is 33.8 Å². The van der Waals surface area contributed by atoms with Crippen molar-refractivity contribution in [2.24, 2.45) is 21.7 Å². The zero-order valence-electron chi connectivity index (χ0n) is 23.7. The van der Waals surface area contributed by atoms with Gasteiger partial charge in [-0.15, -0.1) is 0 Å². The van der Waals surface area contributed by atoms with Crippen molar-refractivity contribution in [3.05, 3.63) is 47.0 Å². The van der Waals surface area contributed by atoms with Gasteiger partial charge in [-0.3, -0.25) is 19.2 Å². The lowest BCUT2D eigenvalue weighted by Crippen LogP contribution is -2.79. The standard InChI is InChI=1S/C30H32O11/c1-14(31)40-24-26(3)13-29(36)28(5,27(26,4)11-19(34)38-6)21-17(32)10-25(2)16(20(21)22(35)30(24,29)37)9-18(33)41-23(25)15-7-8-39-12-15/h7-9,12,23-24,36-37H,10-11,13H2,1-6H3/t23-,24-,25+,26-,27-,28+,29+,30+/m0/s1. The molecule has 2 N–H and O–H groups in total. The molecule has 1 aromatic rings. The van der Waals surface area contributed by atoms with Gasteiger partial charge in [0, 0.05) is 52.4 Å². The van der Waals surface area contributed by atoms with Crippen molar-refractivity contribution in [2.75, 3.05) is 7.11 Å². The number of furan rings is 1.